The zero-order valence-corrected chi connectivity index (χ0v) is 14.3. The average Bonchev–Trinajstić information content (AvgIpc) is 2.95. The van der Waals surface area contributed by atoms with E-state index in [2.05, 4.69) is 0 Å². The normalized spacial score (nSPS) is 22.4. The van der Waals surface area contributed by atoms with Crippen LogP contribution in [0.1, 0.15) is 30.3 Å². The Balaban J connectivity index is 1.78. The fourth-order valence-corrected chi connectivity index (χ4v) is 3.18. The zero-order valence-electron chi connectivity index (χ0n) is 13.6. The summed E-state index contributed by atoms with van der Waals surface area (Å²) in [5.74, 6) is -0.672. The number of carbonyl (C=O) groups excluding carboxylic acids is 2. The summed E-state index contributed by atoms with van der Waals surface area (Å²) < 4.78 is 5.35. The van der Waals surface area contributed by atoms with E-state index >= 15 is 0 Å². The lowest BCUT2D eigenvalue weighted by atomic mass is 10.0. The van der Waals surface area contributed by atoms with Crippen molar-refractivity contribution in [1.29, 1.82) is 0 Å². The number of ether oxygens (including phenoxy) is 1. The molecule has 0 unspecified atom stereocenters. The number of hydrogen-bond acceptors (Lipinski definition) is 4. The van der Waals surface area contributed by atoms with Crippen LogP contribution in [0.25, 0.3) is 0 Å². The van der Waals surface area contributed by atoms with Crippen molar-refractivity contribution in [1.82, 2.24) is 4.90 Å². The maximum absolute atomic E-state index is 12.7. The van der Waals surface area contributed by atoms with Gasteiger partial charge in [-0.05, 0) is 18.1 Å². The molecule has 1 heterocycles. The summed E-state index contributed by atoms with van der Waals surface area (Å²) in [6, 6.07) is 17.3. The summed E-state index contributed by atoms with van der Waals surface area (Å²) in [7, 11) is 0. The first kappa shape index (κ1) is 17.5. The number of nitrogens with zero attached hydrogens (tertiary/aromatic N) is 1. The number of alkyl halides is 1. The van der Waals surface area contributed by atoms with Gasteiger partial charge in [-0.15, -0.1) is 11.6 Å². The second-order valence-corrected chi connectivity index (χ2v) is 6.39. The van der Waals surface area contributed by atoms with Crippen LogP contribution in [0.3, 0.4) is 0 Å². The molecule has 25 heavy (non-hydrogen) atoms. The van der Waals surface area contributed by atoms with E-state index in [-0.39, 0.29) is 0 Å². The Bertz CT molecular complexity index is 753. The summed E-state index contributed by atoms with van der Waals surface area (Å²) in [5.41, 5.74) is 1.31. The van der Waals surface area contributed by atoms with Crippen molar-refractivity contribution in [3.8, 4) is 0 Å². The molecule has 3 rings (SSSR count). The third-order valence-corrected chi connectivity index (χ3v) is 4.72. The molecule has 1 aliphatic rings. The highest BCUT2D eigenvalue weighted by Crippen LogP contribution is 2.34. The van der Waals surface area contributed by atoms with Crippen LogP contribution in [0.5, 0.6) is 0 Å². The number of cyclic esters (lactones) is 1. The molecule has 2 aromatic carbocycles. The Labute approximate surface area is 150 Å². The van der Waals surface area contributed by atoms with E-state index in [1.807, 2.05) is 30.3 Å². The quantitative estimate of drug-likeness (QED) is 0.849. The van der Waals surface area contributed by atoms with Crippen LogP contribution < -0.4 is 0 Å². The molecule has 0 bridgehead atoms. The van der Waals surface area contributed by atoms with Gasteiger partial charge in [0.1, 0.15) is 17.6 Å². The number of halogens is 1. The van der Waals surface area contributed by atoms with Gasteiger partial charge in [0.05, 0.1) is 6.04 Å². The molecule has 2 amide bonds. The molecule has 1 saturated heterocycles. The van der Waals surface area contributed by atoms with Crippen molar-refractivity contribution >= 4 is 23.6 Å². The molecule has 0 aromatic heterocycles. The minimum Gasteiger partial charge on any atom is -0.439 e. The first-order valence-corrected chi connectivity index (χ1v) is 8.40. The van der Waals surface area contributed by atoms with Crippen molar-refractivity contribution in [3.05, 3.63) is 71.8 Å². The van der Waals surface area contributed by atoms with Gasteiger partial charge in [0.25, 0.3) is 5.91 Å². The van der Waals surface area contributed by atoms with Gasteiger partial charge < -0.3 is 9.84 Å². The van der Waals surface area contributed by atoms with Crippen LogP contribution in [-0.4, -0.2) is 33.4 Å². The first-order valence-electron chi connectivity index (χ1n) is 7.96. The van der Waals surface area contributed by atoms with Crippen molar-refractivity contribution in [3.63, 3.8) is 0 Å². The molecule has 1 fully saturated rings. The van der Waals surface area contributed by atoms with E-state index < -0.39 is 35.6 Å². The molecule has 2 aromatic rings. The van der Waals surface area contributed by atoms with Gasteiger partial charge in [-0.2, -0.15) is 0 Å². The molecule has 6 heteroatoms. The fraction of sp³-hybridized carbons (Fsp3) is 0.263. The Morgan fingerprint density at radius 2 is 1.68 bits per heavy atom. The summed E-state index contributed by atoms with van der Waals surface area (Å²) in [6.07, 6.45) is -2.53. The number of aliphatic hydroxyl groups is 1. The molecule has 0 radical (unpaired) electrons. The summed E-state index contributed by atoms with van der Waals surface area (Å²) in [5, 5.41) is 9.06. The van der Waals surface area contributed by atoms with Crippen LogP contribution in [0.2, 0.25) is 0 Å². The maximum atomic E-state index is 12.7. The molecular formula is C19H18ClNO4. The van der Waals surface area contributed by atoms with Crippen LogP contribution in [-0.2, 0) is 9.53 Å². The summed E-state index contributed by atoms with van der Waals surface area (Å²) in [4.78, 5) is 25.9. The highest BCUT2D eigenvalue weighted by Gasteiger charge is 2.46. The molecular weight excluding hydrogens is 342 g/mol. The zero-order chi connectivity index (χ0) is 18.0. The standard InChI is InChI=1S/C19H18ClNO4/c1-12-17(14-10-6-3-7-11-14)25-19(24)21(12)18(23)15(20)16(22)13-8-4-2-5-9-13/h2-12,15-17,22H,1H3/t12-,15-,16+,17-/m1/s1. The molecule has 1 aliphatic heterocycles. The topological polar surface area (TPSA) is 66.8 Å². The number of benzene rings is 2. The number of carbonyl (C=O) groups is 2. The van der Waals surface area contributed by atoms with Gasteiger partial charge in [-0.25, -0.2) is 9.69 Å². The molecule has 0 aliphatic carbocycles. The third-order valence-electron chi connectivity index (χ3n) is 4.29. The van der Waals surface area contributed by atoms with Crippen molar-refractivity contribution < 1.29 is 19.4 Å². The lowest BCUT2D eigenvalue weighted by Gasteiger charge is -2.24. The third kappa shape index (κ3) is 3.38. The Morgan fingerprint density at radius 1 is 1.12 bits per heavy atom. The summed E-state index contributed by atoms with van der Waals surface area (Å²) in [6.45, 7) is 1.72. The Morgan fingerprint density at radius 3 is 2.28 bits per heavy atom. The van der Waals surface area contributed by atoms with E-state index in [0.717, 1.165) is 10.5 Å². The molecule has 4 atom stereocenters. The van der Waals surface area contributed by atoms with E-state index in [1.165, 1.54) is 0 Å². The predicted molar refractivity (Wildman–Crippen MR) is 93.0 cm³/mol. The van der Waals surface area contributed by atoms with Crippen molar-refractivity contribution in [2.45, 2.75) is 30.6 Å². The minimum atomic E-state index is -1.29. The number of amides is 2. The maximum Gasteiger partial charge on any atom is 0.417 e. The van der Waals surface area contributed by atoms with Gasteiger partial charge in [0, 0.05) is 0 Å². The fourth-order valence-electron chi connectivity index (χ4n) is 2.93. The Kier molecular flexibility index (Phi) is 5.06. The van der Waals surface area contributed by atoms with Gasteiger partial charge in [-0.1, -0.05) is 60.7 Å². The van der Waals surface area contributed by atoms with Gasteiger partial charge in [-0.3, -0.25) is 4.79 Å². The molecule has 130 valence electrons. The average molecular weight is 360 g/mol. The minimum absolute atomic E-state index is 0.510. The summed E-state index contributed by atoms with van der Waals surface area (Å²) >= 11 is 6.17. The van der Waals surface area contributed by atoms with Gasteiger partial charge in [0.2, 0.25) is 0 Å². The largest absolute Gasteiger partial charge is 0.439 e. The number of imide groups is 1. The Hall–Kier alpha value is -2.37. The molecule has 0 spiro atoms. The second-order valence-electron chi connectivity index (χ2n) is 5.92. The monoisotopic (exact) mass is 359 g/mol. The number of aliphatic hydroxyl groups excluding tert-OH is 1. The molecule has 1 N–H and O–H groups in total. The number of hydrogen-bond donors (Lipinski definition) is 1. The van der Waals surface area contributed by atoms with Crippen LogP contribution in [0.4, 0.5) is 4.79 Å². The van der Waals surface area contributed by atoms with E-state index in [4.69, 9.17) is 16.3 Å². The van der Waals surface area contributed by atoms with E-state index in [9.17, 15) is 14.7 Å². The van der Waals surface area contributed by atoms with Crippen molar-refractivity contribution in [2.75, 3.05) is 0 Å². The van der Waals surface area contributed by atoms with E-state index in [0.29, 0.717) is 5.56 Å². The second kappa shape index (κ2) is 7.25. The smallest absolute Gasteiger partial charge is 0.417 e. The van der Waals surface area contributed by atoms with Crippen molar-refractivity contribution in [2.24, 2.45) is 0 Å². The van der Waals surface area contributed by atoms with Crippen LogP contribution >= 0.6 is 11.6 Å². The van der Waals surface area contributed by atoms with Gasteiger partial charge in [0.15, 0.2) is 0 Å². The van der Waals surface area contributed by atoms with Crippen LogP contribution in [0, 0.1) is 0 Å². The molecule has 0 saturated carbocycles. The van der Waals surface area contributed by atoms with Crippen LogP contribution in [0.15, 0.2) is 60.7 Å². The predicted octanol–water partition coefficient (Wildman–Crippen LogP) is 3.44. The van der Waals surface area contributed by atoms with Gasteiger partial charge >= 0.3 is 6.09 Å². The lowest BCUT2D eigenvalue weighted by molar-refractivity contribution is -0.130. The van der Waals surface area contributed by atoms with E-state index in [1.54, 1.807) is 37.3 Å². The molecule has 5 nitrogen and oxygen atoms in total. The lowest BCUT2D eigenvalue weighted by Crippen LogP contribution is -2.44. The SMILES string of the molecule is C[C@@H]1[C@H](c2ccccc2)OC(=O)N1C(=O)[C@H](Cl)[C@@H](O)c1ccccc1. The first-order chi connectivity index (χ1) is 12.0. The number of rotatable bonds is 4. The highest BCUT2D eigenvalue weighted by molar-refractivity contribution is 6.32. The highest BCUT2D eigenvalue weighted by atomic mass is 35.5.